The Labute approximate surface area is 149 Å². The molecule has 0 N–H and O–H groups in total. The monoisotopic (exact) mass is 351 g/mol. The molecule has 0 atom stereocenters. The fourth-order valence-corrected chi connectivity index (χ4v) is 3.64. The van der Waals surface area contributed by atoms with Crippen LogP contribution in [0.25, 0.3) is 22.6 Å². The van der Waals surface area contributed by atoms with Gasteiger partial charge in [-0.1, -0.05) is 25.1 Å². The highest BCUT2D eigenvalue weighted by Crippen LogP contribution is 2.26. The van der Waals surface area contributed by atoms with Gasteiger partial charge in [0, 0.05) is 25.5 Å². The zero-order valence-corrected chi connectivity index (χ0v) is 15.6. The smallest absolute Gasteiger partial charge is 0.282 e. The van der Waals surface area contributed by atoms with Gasteiger partial charge in [-0.15, -0.1) is 0 Å². The Hall–Kier alpha value is -3.09. The standard InChI is InChI=1S/C19H21N5O2/c1-6-13-9-7-8-10-14(13)23-11(2)12(3)24-15-16(20-18(23)24)21(4)19(26)22(5)17(15)25/h7-10H,6H2,1-5H3. The maximum Gasteiger partial charge on any atom is 0.332 e. The third-order valence-electron chi connectivity index (χ3n) is 5.25. The summed E-state index contributed by atoms with van der Waals surface area (Å²) in [4.78, 5) is 29.8. The number of hydrogen-bond donors (Lipinski definition) is 0. The van der Waals surface area contributed by atoms with Crippen molar-refractivity contribution in [1.29, 1.82) is 0 Å². The maximum absolute atomic E-state index is 12.8. The quantitative estimate of drug-likeness (QED) is 0.554. The summed E-state index contributed by atoms with van der Waals surface area (Å²) in [6.07, 6.45) is 0.888. The molecule has 0 bridgehead atoms. The number of rotatable bonds is 2. The third-order valence-corrected chi connectivity index (χ3v) is 5.25. The van der Waals surface area contributed by atoms with Crippen LogP contribution in [0, 0.1) is 13.8 Å². The van der Waals surface area contributed by atoms with Gasteiger partial charge in [0.2, 0.25) is 5.78 Å². The Kier molecular flexibility index (Phi) is 3.44. The summed E-state index contributed by atoms with van der Waals surface area (Å²) in [7, 11) is 3.14. The summed E-state index contributed by atoms with van der Waals surface area (Å²) < 4.78 is 6.48. The lowest BCUT2D eigenvalue weighted by Crippen LogP contribution is -2.37. The third kappa shape index (κ3) is 1.91. The number of hydrogen-bond acceptors (Lipinski definition) is 3. The first-order chi connectivity index (χ1) is 12.4. The van der Waals surface area contributed by atoms with Gasteiger partial charge in [-0.2, -0.15) is 4.98 Å². The second kappa shape index (κ2) is 5.45. The van der Waals surface area contributed by atoms with Gasteiger partial charge in [0.25, 0.3) is 5.56 Å². The van der Waals surface area contributed by atoms with E-state index in [0.717, 1.165) is 28.1 Å². The molecule has 1 aromatic carbocycles. The van der Waals surface area contributed by atoms with Crippen LogP contribution < -0.4 is 11.2 Å². The van der Waals surface area contributed by atoms with E-state index in [4.69, 9.17) is 0 Å². The van der Waals surface area contributed by atoms with Crippen molar-refractivity contribution in [3.05, 3.63) is 62.1 Å². The van der Waals surface area contributed by atoms with Crippen LogP contribution in [0.5, 0.6) is 0 Å². The largest absolute Gasteiger partial charge is 0.332 e. The van der Waals surface area contributed by atoms with Crippen LogP contribution in [-0.2, 0) is 20.5 Å². The number of nitrogens with zero attached hydrogens (tertiary/aromatic N) is 5. The molecule has 0 spiro atoms. The summed E-state index contributed by atoms with van der Waals surface area (Å²) in [5.41, 5.74) is 4.31. The highest BCUT2D eigenvalue weighted by molar-refractivity contribution is 5.77. The summed E-state index contributed by atoms with van der Waals surface area (Å²) in [6.45, 7) is 6.11. The Morgan fingerprint density at radius 1 is 1.00 bits per heavy atom. The molecule has 0 saturated carbocycles. The van der Waals surface area contributed by atoms with Crippen LogP contribution in [0.15, 0.2) is 33.9 Å². The lowest BCUT2D eigenvalue weighted by Gasteiger charge is -2.11. The Balaban J connectivity index is 2.27. The van der Waals surface area contributed by atoms with E-state index < -0.39 is 0 Å². The molecule has 3 aromatic heterocycles. The fraction of sp³-hybridized carbons (Fsp3) is 0.316. The molecular formula is C19H21N5O2. The van der Waals surface area contributed by atoms with E-state index in [0.29, 0.717) is 16.9 Å². The van der Waals surface area contributed by atoms with Crippen LogP contribution in [0.4, 0.5) is 0 Å². The minimum absolute atomic E-state index is 0.334. The Morgan fingerprint density at radius 3 is 2.38 bits per heavy atom. The molecule has 3 heterocycles. The normalized spacial score (nSPS) is 11.7. The van der Waals surface area contributed by atoms with Crippen LogP contribution in [-0.4, -0.2) is 23.1 Å². The first kappa shape index (κ1) is 16.4. The van der Waals surface area contributed by atoms with Crippen molar-refractivity contribution in [2.24, 2.45) is 14.1 Å². The molecule has 0 radical (unpaired) electrons. The molecule has 134 valence electrons. The van der Waals surface area contributed by atoms with Crippen molar-refractivity contribution < 1.29 is 0 Å². The van der Waals surface area contributed by atoms with Gasteiger partial charge in [0.1, 0.15) is 0 Å². The van der Waals surface area contributed by atoms with Gasteiger partial charge in [-0.05, 0) is 31.9 Å². The number of benzene rings is 1. The molecule has 4 aromatic rings. The maximum atomic E-state index is 12.8. The van der Waals surface area contributed by atoms with E-state index in [1.54, 1.807) is 7.05 Å². The highest BCUT2D eigenvalue weighted by Gasteiger charge is 2.22. The van der Waals surface area contributed by atoms with Crippen molar-refractivity contribution in [1.82, 2.24) is 23.1 Å². The number of fused-ring (bicyclic) bond motifs is 3. The van der Waals surface area contributed by atoms with E-state index >= 15 is 0 Å². The second-order valence-corrected chi connectivity index (χ2v) is 6.61. The van der Waals surface area contributed by atoms with E-state index in [-0.39, 0.29) is 11.2 Å². The summed E-state index contributed by atoms with van der Waals surface area (Å²) in [5.74, 6) is 0.647. The molecule has 26 heavy (non-hydrogen) atoms. The van der Waals surface area contributed by atoms with Gasteiger partial charge in [-0.3, -0.25) is 22.9 Å². The highest BCUT2D eigenvalue weighted by atomic mass is 16.2. The second-order valence-electron chi connectivity index (χ2n) is 6.61. The molecule has 4 rings (SSSR count). The van der Waals surface area contributed by atoms with Gasteiger partial charge in [-0.25, -0.2) is 4.79 Å². The van der Waals surface area contributed by atoms with E-state index in [2.05, 4.69) is 28.6 Å². The topological polar surface area (TPSA) is 66.2 Å². The zero-order valence-electron chi connectivity index (χ0n) is 15.6. The minimum Gasteiger partial charge on any atom is -0.282 e. The van der Waals surface area contributed by atoms with E-state index in [1.165, 1.54) is 17.2 Å². The SMILES string of the molecule is CCc1ccccc1-n1c(C)c(C)n2c3c(=O)n(C)c(=O)n(C)c3nc12. The number of aromatic nitrogens is 5. The number of para-hydroxylation sites is 1. The predicted octanol–water partition coefficient (Wildman–Crippen LogP) is 1.85. The molecule has 0 aliphatic carbocycles. The van der Waals surface area contributed by atoms with Crippen LogP contribution >= 0.6 is 0 Å². The zero-order chi connectivity index (χ0) is 18.7. The van der Waals surface area contributed by atoms with Crippen molar-refractivity contribution in [2.45, 2.75) is 27.2 Å². The van der Waals surface area contributed by atoms with Crippen LogP contribution in [0.2, 0.25) is 0 Å². The molecule has 0 amide bonds. The molecule has 7 heteroatoms. The minimum atomic E-state index is -0.377. The van der Waals surface area contributed by atoms with Crippen LogP contribution in [0.1, 0.15) is 23.9 Å². The van der Waals surface area contributed by atoms with Crippen LogP contribution in [0.3, 0.4) is 0 Å². The predicted molar refractivity (Wildman–Crippen MR) is 101 cm³/mol. The molecule has 0 saturated heterocycles. The first-order valence-corrected chi connectivity index (χ1v) is 8.62. The summed E-state index contributed by atoms with van der Waals surface area (Å²) in [5, 5.41) is 0. The average Bonchev–Trinajstić information content (AvgIpc) is 3.14. The van der Waals surface area contributed by atoms with E-state index in [9.17, 15) is 9.59 Å². The van der Waals surface area contributed by atoms with Gasteiger partial charge in [0.15, 0.2) is 11.2 Å². The van der Waals surface area contributed by atoms with Crippen molar-refractivity contribution >= 4 is 16.9 Å². The molecular weight excluding hydrogens is 330 g/mol. The van der Waals surface area contributed by atoms with Gasteiger partial charge >= 0.3 is 5.69 Å². The molecule has 0 fully saturated rings. The average molecular weight is 351 g/mol. The van der Waals surface area contributed by atoms with Crippen molar-refractivity contribution in [2.75, 3.05) is 0 Å². The van der Waals surface area contributed by atoms with Crippen molar-refractivity contribution in [3.8, 4) is 5.69 Å². The molecule has 7 nitrogen and oxygen atoms in total. The van der Waals surface area contributed by atoms with E-state index in [1.807, 2.05) is 30.4 Å². The lowest BCUT2D eigenvalue weighted by atomic mass is 10.1. The first-order valence-electron chi connectivity index (χ1n) is 8.62. The molecule has 0 unspecified atom stereocenters. The summed E-state index contributed by atoms with van der Waals surface area (Å²) in [6, 6.07) is 8.17. The number of aryl methyl sites for hydroxylation is 3. The summed E-state index contributed by atoms with van der Waals surface area (Å²) >= 11 is 0. The van der Waals surface area contributed by atoms with Gasteiger partial charge in [0.05, 0.1) is 5.69 Å². The molecule has 0 aliphatic heterocycles. The Bertz CT molecular complexity index is 1300. The fourth-order valence-electron chi connectivity index (χ4n) is 3.64. The molecule has 0 aliphatic rings. The van der Waals surface area contributed by atoms with Gasteiger partial charge < -0.3 is 0 Å². The lowest BCUT2D eigenvalue weighted by molar-refractivity contribution is 0.707. The number of imidazole rings is 2. The van der Waals surface area contributed by atoms with Crippen molar-refractivity contribution in [3.63, 3.8) is 0 Å². The Morgan fingerprint density at radius 2 is 1.69 bits per heavy atom.